The first-order chi connectivity index (χ1) is 21.7. The van der Waals surface area contributed by atoms with Crippen LogP contribution in [0.2, 0.25) is 0 Å². The molecule has 45 heavy (non-hydrogen) atoms. The third-order valence-corrected chi connectivity index (χ3v) is 6.55. The van der Waals surface area contributed by atoms with Gasteiger partial charge in [0.05, 0.1) is 58.4 Å². The quantitative estimate of drug-likeness (QED) is 0.178. The number of halogens is 3. The zero-order valence-corrected chi connectivity index (χ0v) is 24.4. The van der Waals surface area contributed by atoms with Gasteiger partial charge in [0, 0.05) is 29.4 Å². The number of aromatic nitrogens is 1. The molecular weight excluding hydrogens is 605 g/mol. The van der Waals surface area contributed by atoms with Gasteiger partial charge in [-0.05, 0) is 29.7 Å². The molecule has 0 bridgehead atoms. The normalized spacial score (nSPS) is 15.0. The highest BCUT2D eigenvalue weighted by Crippen LogP contribution is 2.36. The number of carbonyl (C=O) groups excluding carboxylic acids is 2. The standard InChI is InChI=1S/C30H33F3N2O10/c1-39-8-9-40-10-11-41-12-13-42-14-15-43-29(38)44-19-22-18-35(28(37)45-22)21-7-6-20-16-26(34-27(36)24(20)17-21)23-4-2-3-5-25(23)30(31,32)33/h2-7,16-17,22H,8-15,18-19H2,1H3,(H,34,36). The fraction of sp³-hybridized carbons (Fsp3) is 0.433. The highest BCUT2D eigenvalue weighted by Gasteiger charge is 2.35. The van der Waals surface area contributed by atoms with E-state index >= 15 is 0 Å². The van der Waals surface area contributed by atoms with E-state index in [1.807, 2.05) is 0 Å². The Labute approximate surface area is 255 Å². The number of nitrogens with zero attached hydrogens (tertiary/aromatic N) is 1. The third-order valence-electron chi connectivity index (χ3n) is 6.55. The molecule has 0 saturated carbocycles. The fourth-order valence-electron chi connectivity index (χ4n) is 4.42. The third kappa shape index (κ3) is 9.65. The van der Waals surface area contributed by atoms with Crippen LogP contribution >= 0.6 is 0 Å². The van der Waals surface area contributed by atoms with Crippen LogP contribution in [0.1, 0.15) is 5.56 Å². The lowest BCUT2D eigenvalue weighted by Crippen LogP contribution is -2.27. The van der Waals surface area contributed by atoms with Gasteiger partial charge in [-0.1, -0.05) is 24.3 Å². The number of rotatable bonds is 16. The van der Waals surface area contributed by atoms with Gasteiger partial charge in [-0.25, -0.2) is 9.59 Å². The topological polar surface area (TPSA) is 135 Å². The Bertz CT molecular complexity index is 1500. The van der Waals surface area contributed by atoms with Crippen LogP contribution in [-0.4, -0.2) is 96.5 Å². The van der Waals surface area contributed by atoms with Crippen molar-refractivity contribution < 1.29 is 55.9 Å². The molecule has 1 unspecified atom stereocenters. The van der Waals surface area contributed by atoms with Crippen molar-refractivity contribution in [2.45, 2.75) is 12.3 Å². The molecule has 3 aromatic rings. The molecule has 2 aromatic carbocycles. The molecule has 15 heteroatoms. The molecule has 1 saturated heterocycles. The minimum atomic E-state index is -4.61. The lowest BCUT2D eigenvalue weighted by molar-refractivity contribution is -0.137. The Morgan fingerprint density at radius 2 is 1.58 bits per heavy atom. The second-order valence-electron chi connectivity index (χ2n) is 9.68. The molecule has 1 aromatic heterocycles. The minimum Gasteiger partial charge on any atom is -0.440 e. The Hall–Kier alpha value is -4.18. The van der Waals surface area contributed by atoms with Crippen LogP contribution in [0.25, 0.3) is 22.0 Å². The summed E-state index contributed by atoms with van der Waals surface area (Å²) in [5.74, 6) is 0. The maximum atomic E-state index is 13.5. The van der Waals surface area contributed by atoms with Gasteiger partial charge in [0.2, 0.25) is 0 Å². The lowest BCUT2D eigenvalue weighted by Gasteiger charge is -2.15. The second kappa shape index (κ2) is 16.2. The first-order valence-electron chi connectivity index (χ1n) is 14.0. The molecule has 244 valence electrons. The van der Waals surface area contributed by atoms with E-state index < -0.39 is 35.7 Å². The van der Waals surface area contributed by atoms with Crippen LogP contribution in [0.3, 0.4) is 0 Å². The number of benzene rings is 2. The molecule has 2 heterocycles. The fourth-order valence-corrected chi connectivity index (χ4v) is 4.42. The second-order valence-corrected chi connectivity index (χ2v) is 9.68. The maximum absolute atomic E-state index is 13.5. The number of cyclic esters (lactones) is 1. The Morgan fingerprint density at radius 1 is 0.911 bits per heavy atom. The zero-order valence-electron chi connectivity index (χ0n) is 24.4. The molecule has 4 rings (SSSR count). The lowest BCUT2D eigenvalue weighted by atomic mass is 10.0. The summed E-state index contributed by atoms with van der Waals surface area (Å²) in [6.45, 7) is 2.37. The average Bonchev–Trinajstić information content (AvgIpc) is 3.40. The highest BCUT2D eigenvalue weighted by molar-refractivity contribution is 5.94. The number of aromatic amines is 1. The molecule has 1 atom stereocenters. The zero-order chi connectivity index (χ0) is 32.2. The predicted octanol–water partition coefficient (Wildman–Crippen LogP) is 4.39. The number of carbonyl (C=O) groups is 2. The number of ether oxygens (including phenoxy) is 7. The van der Waals surface area contributed by atoms with E-state index in [2.05, 4.69) is 4.98 Å². The van der Waals surface area contributed by atoms with E-state index in [1.54, 1.807) is 13.2 Å². The summed E-state index contributed by atoms with van der Waals surface area (Å²) in [4.78, 5) is 41.1. The smallest absolute Gasteiger partial charge is 0.440 e. The maximum Gasteiger partial charge on any atom is 0.508 e. The number of nitrogens with one attached hydrogen (secondary N) is 1. The van der Waals surface area contributed by atoms with Crippen LogP contribution in [-0.2, 0) is 39.3 Å². The number of methoxy groups -OCH3 is 1. The van der Waals surface area contributed by atoms with Crippen LogP contribution in [0.5, 0.6) is 0 Å². The summed E-state index contributed by atoms with van der Waals surface area (Å²) >= 11 is 0. The first-order valence-corrected chi connectivity index (χ1v) is 14.0. The van der Waals surface area contributed by atoms with Gasteiger partial charge in [-0.3, -0.25) is 9.69 Å². The molecule has 12 nitrogen and oxygen atoms in total. The van der Waals surface area contributed by atoms with Gasteiger partial charge in [0.25, 0.3) is 5.56 Å². The number of H-pyrrole nitrogens is 1. The largest absolute Gasteiger partial charge is 0.508 e. The predicted molar refractivity (Wildman–Crippen MR) is 154 cm³/mol. The van der Waals surface area contributed by atoms with Crippen LogP contribution in [0.4, 0.5) is 28.4 Å². The van der Waals surface area contributed by atoms with E-state index in [9.17, 15) is 27.6 Å². The molecule has 0 radical (unpaired) electrons. The SMILES string of the molecule is COCCOCCOCCOCCOC(=O)OCC1CN(c2ccc3cc(-c4ccccc4C(F)(F)F)[nH]c(=O)c3c2)C(=O)O1. The van der Waals surface area contributed by atoms with Crippen molar-refractivity contribution in [1.29, 1.82) is 0 Å². The van der Waals surface area contributed by atoms with Crippen molar-refractivity contribution in [3.63, 3.8) is 0 Å². The Kier molecular flexibility index (Phi) is 12.2. The minimum absolute atomic E-state index is 0.00835. The van der Waals surface area contributed by atoms with Crippen molar-refractivity contribution in [2.24, 2.45) is 0 Å². The number of hydrogen-bond acceptors (Lipinski definition) is 10. The van der Waals surface area contributed by atoms with Gasteiger partial charge in [0.1, 0.15) is 13.2 Å². The van der Waals surface area contributed by atoms with Crippen molar-refractivity contribution in [3.05, 3.63) is 64.4 Å². The van der Waals surface area contributed by atoms with E-state index in [0.29, 0.717) is 50.7 Å². The summed E-state index contributed by atoms with van der Waals surface area (Å²) in [6, 6.07) is 10.9. The number of pyridine rings is 1. The summed E-state index contributed by atoms with van der Waals surface area (Å²) in [5, 5.41) is 0.544. The molecule has 1 aliphatic rings. The number of anilines is 1. The molecule has 1 aliphatic heterocycles. The Morgan fingerprint density at radius 3 is 2.27 bits per heavy atom. The van der Waals surface area contributed by atoms with Crippen molar-refractivity contribution in [3.8, 4) is 11.3 Å². The number of alkyl halides is 3. The van der Waals surface area contributed by atoms with E-state index in [1.165, 1.54) is 41.3 Å². The van der Waals surface area contributed by atoms with Gasteiger partial charge in [0.15, 0.2) is 6.10 Å². The Balaban J connectivity index is 1.22. The molecule has 0 aliphatic carbocycles. The van der Waals surface area contributed by atoms with Gasteiger partial charge >= 0.3 is 18.4 Å². The van der Waals surface area contributed by atoms with Crippen LogP contribution in [0.15, 0.2) is 53.3 Å². The summed E-state index contributed by atoms with van der Waals surface area (Å²) in [7, 11) is 1.59. The molecular formula is C30H33F3N2O10. The first kappa shape index (κ1) is 33.7. The number of amides is 1. The highest BCUT2D eigenvalue weighted by atomic mass is 19.4. The molecule has 1 amide bonds. The van der Waals surface area contributed by atoms with Crippen molar-refractivity contribution >= 4 is 28.7 Å². The summed E-state index contributed by atoms with van der Waals surface area (Å²) in [5.41, 5.74) is -1.33. The molecule has 1 fully saturated rings. The van der Waals surface area contributed by atoms with E-state index in [-0.39, 0.29) is 43.0 Å². The number of fused-ring (bicyclic) bond motifs is 1. The molecule has 0 spiro atoms. The molecule has 1 N–H and O–H groups in total. The monoisotopic (exact) mass is 638 g/mol. The van der Waals surface area contributed by atoms with E-state index in [4.69, 9.17) is 33.2 Å². The summed E-state index contributed by atoms with van der Waals surface area (Å²) < 4.78 is 76.5. The number of hydrogen-bond donors (Lipinski definition) is 1. The van der Waals surface area contributed by atoms with Crippen molar-refractivity contribution in [2.75, 3.05) is 78.0 Å². The average molecular weight is 639 g/mol. The van der Waals surface area contributed by atoms with Crippen molar-refractivity contribution in [1.82, 2.24) is 4.98 Å². The van der Waals surface area contributed by atoms with Crippen LogP contribution in [0, 0.1) is 0 Å². The summed E-state index contributed by atoms with van der Waals surface area (Å²) in [6.07, 6.45) is -7.09. The van der Waals surface area contributed by atoms with Crippen LogP contribution < -0.4 is 10.5 Å². The van der Waals surface area contributed by atoms with Gasteiger partial charge in [-0.15, -0.1) is 0 Å². The van der Waals surface area contributed by atoms with Gasteiger partial charge in [-0.2, -0.15) is 13.2 Å². The van der Waals surface area contributed by atoms with Gasteiger partial charge < -0.3 is 38.1 Å². The van der Waals surface area contributed by atoms with E-state index in [0.717, 1.165) is 6.07 Å².